The zero-order chi connectivity index (χ0) is 25.9. The number of amides is 1. The minimum Gasteiger partial charge on any atom is -0.491 e. The Hall–Kier alpha value is -3.42. The number of benzene rings is 3. The van der Waals surface area contributed by atoms with E-state index in [4.69, 9.17) is 14.2 Å². The van der Waals surface area contributed by atoms with Gasteiger partial charge in [-0.05, 0) is 96.8 Å². The number of aryl methyl sites for hydroxylation is 2. The number of carbonyl (C=O) groups is 1. The second-order valence-corrected chi connectivity index (χ2v) is 10.4. The SMILES string of the molecule is CCOCCOc1cc(C)c(-c2cccc3c2CCC3Oc2ccc(C3=CC(=O)NS3=O)cc2)c(C)c1. The molecule has 2 aliphatic rings. The van der Waals surface area contributed by atoms with E-state index in [9.17, 15) is 9.00 Å². The Balaban J connectivity index is 1.34. The van der Waals surface area contributed by atoms with Gasteiger partial charge in [0, 0.05) is 12.7 Å². The fourth-order valence-electron chi connectivity index (χ4n) is 5.17. The smallest absolute Gasteiger partial charge is 0.257 e. The summed E-state index contributed by atoms with van der Waals surface area (Å²) in [5.41, 5.74) is 8.16. The lowest BCUT2D eigenvalue weighted by Gasteiger charge is -2.18. The number of hydrogen-bond acceptors (Lipinski definition) is 5. The summed E-state index contributed by atoms with van der Waals surface area (Å²) in [6.07, 6.45) is 3.19. The molecular formula is C30H31NO5S. The van der Waals surface area contributed by atoms with Gasteiger partial charge in [0.2, 0.25) is 0 Å². The van der Waals surface area contributed by atoms with Crippen LogP contribution in [0.25, 0.3) is 16.0 Å². The molecule has 7 heteroatoms. The third-order valence-electron chi connectivity index (χ3n) is 6.76. The van der Waals surface area contributed by atoms with Crippen LogP contribution in [0.5, 0.6) is 11.5 Å². The van der Waals surface area contributed by atoms with E-state index in [0.717, 1.165) is 29.9 Å². The number of ether oxygens (including phenoxy) is 3. The maximum absolute atomic E-state index is 12.0. The molecule has 0 saturated carbocycles. The molecule has 1 aliphatic heterocycles. The van der Waals surface area contributed by atoms with Gasteiger partial charge >= 0.3 is 0 Å². The zero-order valence-electron chi connectivity index (χ0n) is 21.3. The van der Waals surface area contributed by atoms with E-state index >= 15 is 0 Å². The largest absolute Gasteiger partial charge is 0.491 e. The van der Waals surface area contributed by atoms with Gasteiger partial charge in [-0.25, -0.2) is 4.21 Å². The van der Waals surface area contributed by atoms with Crippen LogP contribution in [0.4, 0.5) is 0 Å². The zero-order valence-corrected chi connectivity index (χ0v) is 22.2. The van der Waals surface area contributed by atoms with Gasteiger partial charge < -0.3 is 14.2 Å². The third kappa shape index (κ3) is 5.33. The van der Waals surface area contributed by atoms with Crippen molar-refractivity contribution in [2.75, 3.05) is 19.8 Å². The van der Waals surface area contributed by atoms with Crippen LogP contribution in [0.2, 0.25) is 0 Å². The molecule has 0 radical (unpaired) electrons. The molecule has 192 valence electrons. The fourth-order valence-corrected chi connectivity index (χ4v) is 6.08. The summed E-state index contributed by atoms with van der Waals surface area (Å²) >= 11 is 0. The predicted octanol–water partition coefficient (Wildman–Crippen LogP) is 5.59. The Morgan fingerprint density at radius 3 is 2.43 bits per heavy atom. The van der Waals surface area contributed by atoms with Crippen LogP contribution in [-0.2, 0) is 26.9 Å². The first-order valence-electron chi connectivity index (χ1n) is 12.6. The molecule has 0 spiro atoms. The van der Waals surface area contributed by atoms with Gasteiger partial charge in [0.05, 0.1) is 11.5 Å². The normalized spacial score (nSPS) is 18.4. The van der Waals surface area contributed by atoms with E-state index < -0.39 is 11.0 Å². The first-order chi connectivity index (χ1) is 17.9. The Morgan fingerprint density at radius 1 is 1.00 bits per heavy atom. The van der Waals surface area contributed by atoms with Crippen LogP contribution in [0, 0.1) is 13.8 Å². The quantitative estimate of drug-likeness (QED) is 0.375. The lowest BCUT2D eigenvalue weighted by molar-refractivity contribution is -0.114. The molecule has 5 rings (SSSR count). The molecular weight excluding hydrogens is 486 g/mol. The molecule has 3 aromatic rings. The number of nitrogens with one attached hydrogen (secondary N) is 1. The molecule has 1 amide bonds. The van der Waals surface area contributed by atoms with Crippen LogP contribution in [0.1, 0.15) is 47.3 Å². The van der Waals surface area contributed by atoms with E-state index in [1.165, 1.54) is 39.5 Å². The summed E-state index contributed by atoms with van der Waals surface area (Å²) in [6.45, 7) is 8.07. The number of rotatable bonds is 9. The lowest BCUT2D eigenvalue weighted by atomic mass is 9.90. The Labute approximate surface area is 220 Å². The summed E-state index contributed by atoms with van der Waals surface area (Å²) < 4.78 is 32.1. The molecule has 0 aromatic heterocycles. The summed E-state index contributed by atoms with van der Waals surface area (Å²) in [7, 11) is -1.50. The molecule has 6 nitrogen and oxygen atoms in total. The average Bonchev–Trinajstić information content (AvgIpc) is 3.44. The van der Waals surface area contributed by atoms with Crippen molar-refractivity contribution in [1.82, 2.24) is 4.72 Å². The first kappa shape index (κ1) is 25.2. The average molecular weight is 518 g/mol. The van der Waals surface area contributed by atoms with Crippen molar-refractivity contribution < 1.29 is 23.2 Å². The van der Waals surface area contributed by atoms with Crippen LogP contribution in [0.3, 0.4) is 0 Å². The molecule has 0 fully saturated rings. The van der Waals surface area contributed by atoms with Crippen molar-refractivity contribution in [3.63, 3.8) is 0 Å². The highest BCUT2D eigenvalue weighted by molar-refractivity contribution is 7.93. The van der Waals surface area contributed by atoms with Gasteiger partial charge in [-0.2, -0.15) is 0 Å². The second-order valence-electron chi connectivity index (χ2n) is 9.26. The Bertz CT molecular complexity index is 1360. The van der Waals surface area contributed by atoms with E-state index in [0.29, 0.717) is 24.7 Å². The van der Waals surface area contributed by atoms with Crippen molar-refractivity contribution in [3.05, 3.63) is 88.5 Å². The summed E-state index contributed by atoms with van der Waals surface area (Å²) in [6, 6.07) is 18.1. The summed E-state index contributed by atoms with van der Waals surface area (Å²) in [5, 5.41) is 0. The molecule has 0 saturated heterocycles. The first-order valence-corrected chi connectivity index (χ1v) is 13.7. The van der Waals surface area contributed by atoms with Crippen LogP contribution in [-0.4, -0.2) is 29.9 Å². The van der Waals surface area contributed by atoms with Crippen molar-refractivity contribution in [1.29, 1.82) is 0 Å². The van der Waals surface area contributed by atoms with Crippen LogP contribution >= 0.6 is 0 Å². The highest BCUT2D eigenvalue weighted by atomic mass is 32.2. The standard InChI is InChI=1S/C30H31NO5S/c1-4-34-14-15-35-23-16-19(2)30(20(3)17-23)26-7-5-6-25-24(26)12-13-27(25)36-22-10-8-21(9-11-22)28-18-29(32)31-37(28)33/h5-11,16-18,27H,4,12-15H2,1-3H3,(H,31,32). The fraction of sp³-hybridized carbons (Fsp3) is 0.300. The van der Waals surface area contributed by atoms with Crippen LogP contribution in [0.15, 0.2) is 60.7 Å². The molecule has 3 aromatic carbocycles. The molecule has 0 bridgehead atoms. The van der Waals surface area contributed by atoms with E-state index in [1.54, 1.807) is 0 Å². The molecule has 2 atom stereocenters. The summed E-state index contributed by atoms with van der Waals surface area (Å²) in [5.74, 6) is 1.28. The number of carbonyl (C=O) groups excluding carboxylic acids is 1. The Morgan fingerprint density at radius 2 is 1.76 bits per heavy atom. The highest BCUT2D eigenvalue weighted by Gasteiger charge is 2.28. The van der Waals surface area contributed by atoms with Crippen molar-refractivity contribution in [3.8, 4) is 22.6 Å². The number of hydrogen-bond donors (Lipinski definition) is 1. The Kier molecular flexibility index (Phi) is 7.44. The van der Waals surface area contributed by atoms with Gasteiger partial charge in [-0.1, -0.05) is 30.3 Å². The predicted molar refractivity (Wildman–Crippen MR) is 146 cm³/mol. The van der Waals surface area contributed by atoms with E-state index in [1.807, 2.05) is 31.2 Å². The molecule has 1 heterocycles. The minimum absolute atomic E-state index is 0.0364. The van der Waals surface area contributed by atoms with Gasteiger partial charge in [-0.15, -0.1) is 0 Å². The second kappa shape index (κ2) is 10.9. The molecule has 2 unspecified atom stereocenters. The van der Waals surface area contributed by atoms with Gasteiger partial charge in [0.15, 0.2) is 11.0 Å². The van der Waals surface area contributed by atoms with E-state index in [2.05, 4.69) is 48.9 Å². The van der Waals surface area contributed by atoms with Gasteiger partial charge in [-0.3, -0.25) is 9.52 Å². The maximum Gasteiger partial charge on any atom is 0.257 e. The number of fused-ring (bicyclic) bond motifs is 1. The topological polar surface area (TPSA) is 73.9 Å². The minimum atomic E-state index is -1.50. The van der Waals surface area contributed by atoms with Crippen molar-refractivity contribution >= 4 is 21.8 Å². The summed E-state index contributed by atoms with van der Waals surface area (Å²) in [4.78, 5) is 12.0. The van der Waals surface area contributed by atoms with E-state index in [-0.39, 0.29) is 12.0 Å². The lowest BCUT2D eigenvalue weighted by Crippen LogP contribution is -2.16. The molecule has 1 N–H and O–H groups in total. The highest BCUT2D eigenvalue weighted by Crippen LogP contribution is 2.42. The molecule has 1 aliphatic carbocycles. The van der Waals surface area contributed by atoms with Crippen LogP contribution < -0.4 is 14.2 Å². The third-order valence-corrected chi connectivity index (χ3v) is 7.90. The van der Waals surface area contributed by atoms with Crippen molar-refractivity contribution in [2.24, 2.45) is 0 Å². The monoisotopic (exact) mass is 517 g/mol. The van der Waals surface area contributed by atoms with Gasteiger partial charge in [0.25, 0.3) is 5.91 Å². The van der Waals surface area contributed by atoms with Gasteiger partial charge in [0.1, 0.15) is 24.2 Å². The van der Waals surface area contributed by atoms with Crippen molar-refractivity contribution in [2.45, 2.75) is 39.7 Å². The molecule has 37 heavy (non-hydrogen) atoms. The maximum atomic E-state index is 12.0.